The Kier molecular flexibility index (Phi) is 6.36. The molecule has 1 fully saturated rings. The molecule has 4 heteroatoms. The van der Waals surface area contributed by atoms with Crippen molar-refractivity contribution in [1.29, 1.82) is 0 Å². The number of carboxylic acids is 1. The van der Waals surface area contributed by atoms with Crippen molar-refractivity contribution >= 4 is 22.6 Å². The third-order valence-electron chi connectivity index (χ3n) is 6.63. The molecule has 3 aromatic carbocycles. The molecule has 0 radical (unpaired) electrons. The average Bonchev–Trinajstić information content (AvgIpc) is 3.25. The van der Waals surface area contributed by atoms with Gasteiger partial charge in [-0.2, -0.15) is 0 Å². The first-order valence-corrected chi connectivity index (χ1v) is 11.1. The number of carbonyl (C=O) groups excluding carboxylic acids is 1. The van der Waals surface area contributed by atoms with E-state index in [0.717, 1.165) is 0 Å². The molecule has 1 aliphatic carbocycles. The topological polar surface area (TPSA) is 66.4 Å². The Morgan fingerprint density at radius 1 is 1.00 bits per heavy atom. The standard InChI is InChI=1S/C27H29NO3/c1-18(24-8-4-6-21-5-2-3-7-25(21)24)15-19-9-10-23(16-19)20-11-13-22(14-12-20)27(31)28-17-26(29)30/h2-8,11-14,18-19,23H,9-10,15-17H2,1H3,(H,28,31)(H,29,30)/t18-,19+,23+/m0/s1. The predicted octanol–water partition coefficient (Wildman–Crippen LogP) is 5.73. The monoisotopic (exact) mass is 415 g/mol. The molecule has 0 aliphatic heterocycles. The van der Waals surface area contributed by atoms with E-state index in [2.05, 4.69) is 54.7 Å². The minimum absolute atomic E-state index is 0.345. The van der Waals surface area contributed by atoms with E-state index >= 15 is 0 Å². The van der Waals surface area contributed by atoms with Crippen molar-refractivity contribution in [2.75, 3.05) is 6.54 Å². The summed E-state index contributed by atoms with van der Waals surface area (Å²) in [5.41, 5.74) is 3.22. The van der Waals surface area contributed by atoms with Gasteiger partial charge in [0.2, 0.25) is 0 Å². The lowest BCUT2D eigenvalue weighted by molar-refractivity contribution is -0.135. The maximum Gasteiger partial charge on any atom is 0.322 e. The van der Waals surface area contributed by atoms with Gasteiger partial charge in [0.1, 0.15) is 6.54 Å². The second-order valence-electron chi connectivity index (χ2n) is 8.78. The number of benzene rings is 3. The number of carbonyl (C=O) groups is 2. The number of aliphatic carboxylic acids is 1. The molecule has 3 aromatic rings. The van der Waals surface area contributed by atoms with Gasteiger partial charge < -0.3 is 10.4 Å². The maximum absolute atomic E-state index is 12.0. The smallest absolute Gasteiger partial charge is 0.322 e. The molecule has 31 heavy (non-hydrogen) atoms. The van der Waals surface area contributed by atoms with E-state index in [1.54, 1.807) is 12.1 Å². The summed E-state index contributed by atoms with van der Waals surface area (Å²) in [5.74, 6) is 0.371. The quantitative estimate of drug-likeness (QED) is 0.518. The number of carboxylic acid groups (broad SMARTS) is 1. The van der Waals surface area contributed by atoms with Gasteiger partial charge in [-0.15, -0.1) is 0 Å². The molecule has 160 valence electrons. The fraction of sp³-hybridized carbons (Fsp3) is 0.333. The molecule has 1 saturated carbocycles. The van der Waals surface area contributed by atoms with Gasteiger partial charge in [-0.05, 0) is 77.5 Å². The van der Waals surface area contributed by atoms with Gasteiger partial charge >= 0.3 is 5.97 Å². The van der Waals surface area contributed by atoms with Crippen molar-refractivity contribution in [3.05, 3.63) is 83.4 Å². The molecule has 0 spiro atoms. The Morgan fingerprint density at radius 3 is 2.52 bits per heavy atom. The van der Waals surface area contributed by atoms with Crippen LogP contribution in [0.5, 0.6) is 0 Å². The van der Waals surface area contributed by atoms with Crippen LogP contribution in [0, 0.1) is 5.92 Å². The Bertz CT molecular complexity index is 1070. The van der Waals surface area contributed by atoms with Crippen molar-refractivity contribution in [2.24, 2.45) is 5.92 Å². The van der Waals surface area contributed by atoms with Gasteiger partial charge in [-0.3, -0.25) is 9.59 Å². The second kappa shape index (κ2) is 9.34. The van der Waals surface area contributed by atoms with E-state index in [4.69, 9.17) is 5.11 Å². The summed E-state index contributed by atoms with van der Waals surface area (Å²) in [5, 5.41) is 13.8. The van der Waals surface area contributed by atoms with Crippen LogP contribution < -0.4 is 5.32 Å². The molecule has 1 amide bonds. The third kappa shape index (κ3) is 4.96. The molecule has 3 atom stereocenters. The normalized spacial score (nSPS) is 19.3. The molecule has 4 nitrogen and oxygen atoms in total. The molecule has 0 unspecified atom stereocenters. The van der Waals surface area contributed by atoms with E-state index in [1.807, 2.05) is 12.1 Å². The first kappa shape index (κ1) is 21.1. The zero-order valence-electron chi connectivity index (χ0n) is 17.9. The molecule has 0 aromatic heterocycles. The van der Waals surface area contributed by atoms with Gasteiger partial charge in [-0.25, -0.2) is 0 Å². The van der Waals surface area contributed by atoms with Crippen molar-refractivity contribution in [2.45, 2.75) is 44.4 Å². The first-order valence-electron chi connectivity index (χ1n) is 11.1. The number of amides is 1. The molecule has 0 bridgehead atoms. The highest BCUT2D eigenvalue weighted by atomic mass is 16.4. The second-order valence-corrected chi connectivity index (χ2v) is 8.78. The van der Waals surface area contributed by atoms with Gasteiger partial charge in [0.15, 0.2) is 0 Å². The highest BCUT2D eigenvalue weighted by molar-refractivity contribution is 5.95. The van der Waals surface area contributed by atoms with Crippen LogP contribution in [0.1, 0.15) is 65.9 Å². The minimum atomic E-state index is -1.04. The highest BCUT2D eigenvalue weighted by Crippen LogP contribution is 2.43. The lowest BCUT2D eigenvalue weighted by atomic mass is 9.86. The van der Waals surface area contributed by atoms with E-state index < -0.39 is 5.97 Å². The van der Waals surface area contributed by atoms with Crippen LogP contribution in [0.2, 0.25) is 0 Å². The zero-order valence-corrected chi connectivity index (χ0v) is 17.9. The maximum atomic E-state index is 12.0. The number of hydrogen-bond acceptors (Lipinski definition) is 2. The van der Waals surface area contributed by atoms with Gasteiger partial charge in [-0.1, -0.05) is 61.5 Å². The van der Waals surface area contributed by atoms with Crippen LogP contribution in [-0.4, -0.2) is 23.5 Å². The fourth-order valence-corrected chi connectivity index (χ4v) is 5.06. The Morgan fingerprint density at radius 2 is 1.74 bits per heavy atom. The van der Waals surface area contributed by atoms with Gasteiger partial charge in [0.05, 0.1) is 0 Å². The van der Waals surface area contributed by atoms with Gasteiger partial charge in [0, 0.05) is 5.56 Å². The average molecular weight is 416 g/mol. The van der Waals surface area contributed by atoms with E-state index in [9.17, 15) is 9.59 Å². The summed E-state index contributed by atoms with van der Waals surface area (Å²) in [6.07, 6.45) is 4.79. The molecule has 4 rings (SSSR count). The Labute approximate surface area is 183 Å². The van der Waals surface area contributed by atoms with E-state index in [0.29, 0.717) is 23.3 Å². The van der Waals surface area contributed by atoms with E-state index in [-0.39, 0.29) is 12.5 Å². The van der Waals surface area contributed by atoms with Crippen molar-refractivity contribution in [3.8, 4) is 0 Å². The lowest BCUT2D eigenvalue weighted by Gasteiger charge is -2.19. The molecule has 1 aliphatic rings. The zero-order chi connectivity index (χ0) is 21.8. The highest BCUT2D eigenvalue weighted by Gasteiger charge is 2.27. The van der Waals surface area contributed by atoms with Crippen LogP contribution in [0.4, 0.5) is 0 Å². The molecule has 0 saturated heterocycles. The van der Waals surface area contributed by atoms with Crippen molar-refractivity contribution < 1.29 is 14.7 Å². The minimum Gasteiger partial charge on any atom is -0.480 e. The number of fused-ring (bicyclic) bond motifs is 1. The Hall–Kier alpha value is -3.14. The molecule has 2 N–H and O–H groups in total. The molecular formula is C27H29NO3. The lowest BCUT2D eigenvalue weighted by Crippen LogP contribution is -2.29. The summed E-state index contributed by atoms with van der Waals surface area (Å²) in [6.45, 7) is 1.99. The Balaban J connectivity index is 1.37. The molecule has 0 heterocycles. The van der Waals surface area contributed by atoms with Crippen LogP contribution >= 0.6 is 0 Å². The summed E-state index contributed by atoms with van der Waals surface area (Å²) in [6, 6.07) is 22.9. The number of nitrogens with one attached hydrogen (secondary N) is 1. The number of rotatable bonds is 7. The van der Waals surface area contributed by atoms with Crippen molar-refractivity contribution in [3.63, 3.8) is 0 Å². The summed E-state index contributed by atoms with van der Waals surface area (Å²) >= 11 is 0. The van der Waals surface area contributed by atoms with Gasteiger partial charge in [0.25, 0.3) is 5.91 Å². The van der Waals surface area contributed by atoms with Crippen LogP contribution in [-0.2, 0) is 4.79 Å². The van der Waals surface area contributed by atoms with Crippen LogP contribution in [0.3, 0.4) is 0 Å². The molecular weight excluding hydrogens is 386 g/mol. The summed E-state index contributed by atoms with van der Waals surface area (Å²) in [7, 11) is 0. The predicted molar refractivity (Wildman–Crippen MR) is 123 cm³/mol. The van der Waals surface area contributed by atoms with Crippen LogP contribution in [0.25, 0.3) is 10.8 Å². The van der Waals surface area contributed by atoms with Crippen LogP contribution in [0.15, 0.2) is 66.7 Å². The van der Waals surface area contributed by atoms with E-state index in [1.165, 1.54) is 47.6 Å². The fourth-order valence-electron chi connectivity index (χ4n) is 5.06. The largest absolute Gasteiger partial charge is 0.480 e. The summed E-state index contributed by atoms with van der Waals surface area (Å²) < 4.78 is 0. The SMILES string of the molecule is C[C@@H](C[C@H]1CC[C@@H](c2ccc(C(=O)NCC(=O)O)cc2)C1)c1cccc2ccccc12. The summed E-state index contributed by atoms with van der Waals surface area (Å²) in [4.78, 5) is 22.6. The van der Waals surface area contributed by atoms with Crippen molar-refractivity contribution in [1.82, 2.24) is 5.32 Å². The third-order valence-corrected chi connectivity index (χ3v) is 6.63. The number of hydrogen-bond donors (Lipinski definition) is 2. The first-order chi connectivity index (χ1) is 15.0.